The lowest BCUT2D eigenvalue weighted by molar-refractivity contribution is -0.122. The minimum atomic E-state index is -0.443. The summed E-state index contributed by atoms with van der Waals surface area (Å²) in [6, 6.07) is 23.1. The summed E-state index contributed by atoms with van der Waals surface area (Å²) in [5.41, 5.74) is 5.37. The first-order chi connectivity index (χ1) is 17.6. The maximum absolute atomic E-state index is 13.9. The van der Waals surface area contributed by atoms with Gasteiger partial charge in [0.15, 0.2) is 0 Å². The molecular weight excluding hydrogens is 450 g/mol. The van der Waals surface area contributed by atoms with Crippen molar-refractivity contribution in [2.75, 3.05) is 11.5 Å². The summed E-state index contributed by atoms with van der Waals surface area (Å²) in [5, 5.41) is 0. The molecule has 2 bridgehead atoms. The lowest BCUT2D eigenvalue weighted by Crippen LogP contribution is -2.41. The Kier molecular flexibility index (Phi) is 5.71. The van der Waals surface area contributed by atoms with E-state index in [0.29, 0.717) is 17.9 Å². The predicted octanol–water partition coefficient (Wildman–Crippen LogP) is 5.82. The molecule has 5 nitrogen and oxygen atoms in total. The SMILES string of the molecule is CCCCCCOC(=O)c1cccc(N2C(=O)C3C4c5ccccc5C(c5ccccc54)C3C2=O)c1. The van der Waals surface area contributed by atoms with Crippen LogP contribution >= 0.6 is 0 Å². The second-order valence-corrected chi connectivity index (χ2v) is 10.0. The van der Waals surface area contributed by atoms with Gasteiger partial charge in [0.05, 0.1) is 29.7 Å². The van der Waals surface area contributed by atoms with E-state index in [4.69, 9.17) is 4.74 Å². The Hall–Kier alpha value is -3.73. The average molecular weight is 480 g/mol. The summed E-state index contributed by atoms with van der Waals surface area (Å²) < 4.78 is 5.44. The molecule has 2 atom stereocenters. The van der Waals surface area contributed by atoms with Crippen molar-refractivity contribution >= 4 is 23.5 Å². The van der Waals surface area contributed by atoms with Gasteiger partial charge in [-0.15, -0.1) is 0 Å². The summed E-state index contributed by atoms with van der Waals surface area (Å²) in [7, 11) is 0. The number of amides is 2. The first kappa shape index (κ1) is 22.7. The number of carbonyl (C=O) groups excluding carboxylic acids is 3. The Bertz CT molecular complexity index is 1250. The molecule has 36 heavy (non-hydrogen) atoms. The molecule has 7 rings (SSSR count). The molecular formula is C31H29NO4. The van der Waals surface area contributed by atoms with Gasteiger partial charge >= 0.3 is 5.97 Å². The van der Waals surface area contributed by atoms with E-state index in [9.17, 15) is 14.4 Å². The molecule has 1 aliphatic heterocycles. The van der Waals surface area contributed by atoms with Gasteiger partial charge in [0.2, 0.25) is 11.8 Å². The fourth-order valence-corrected chi connectivity index (χ4v) is 6.48. The number of nitrogens with zero attached hydrogens (tertiary/aromatic N) is 1. The lowest BCUT2D eigenvalue weighted by Gasteiger charge is -2.45. The van der Waals surface area contributed by atoms with Crippen molar-refractivity contribution in [1.82, 2.24) is 0 Å². The Morgan fingerprint density at radius 3 is 1.83 bits per heavy atom. The quantitative estimate of drug-likeness (QED) is 0.243. The Morgan fingerprint density at radius 2 is 1.31 bits per heavy atom. The van der Waals surface area contributed by atoms with Crippen LogP contribution in [0.3, 0.4) is 0 Å². The fourth-order valence-electron chi connectivity index (χ4n) is 6.48. The zero-order chi connectivity index (χ0) is 24.8. The van der Waals surface area contributed by atoms with Gasteiger partial charge < -0.3 is 4.74 Å². The first-order valence-electron chi connectivity index (χ1n) is 12.9. The molecule has 182 valence electrons. The van der Waals surface area contributed by atoms with Crippen LogP contribution in [0.1, 0.15) is 77.1 Å². The molecule has 3 aromatic carbocycles. The fraction of sp³-hybridized carbons (Fsp3) is 0.323. The third kappa shape index (κ3) is 3.41. The molecule has 1 heterocycles. The van der Waals surface area contributed by atoms with Gasteiger partial charge in [-0.1, -0.05) is 80.8 Å². The maximum atomic E-state index is 13.9. The monoisotopic (exact) mass is 479 g/mol. The van der Waals surface area contributed by atoms with Crippen molar-refractivity contribution in [3.05, 3.63) is 101 Å². The van der Waals surface area contributed by atoms with Crippen LogP contribution in [0.25, 0.3) is 0 Å². The normalized spacial score (nSPS) is 23.3. The summed E-state index contributed by atoms with van der Waals surface area (Å²) in [4.78, 5) is 41.8. The molecule has 0 N–H and O–H groups in total. The molecule has 2 amide bonds. The predicted molar refractivity (Wildman–Crippen MR) is 137 cm³/mol. The number of anilines is 1. The standard InChI is InChI=1S/C31H29NO4/c1-2-3-4-9-17-36-31(35)19-11-10-12-20(18-19)32-29(33)27-25-21-13-5-6-14-22(21)26(28(27)30(32)34)24-16-8-7-15-23(24)25/h5-8,10-16,18,25-28H,2-4,9,17H2,1H3. The van der Waals surface area contributed by atoms with Crippen LogP contribution in [0, 0.1) is 11.8 Å². The molecule has 1 fully saturated rings. The van der Waals surface area contributed by atoms with Crippen molar-refractivity contribution in [2.45, 2.75) is 44.4 Å². The Morgan fingerprint density at radius 1 is 0.750 bits per heavy atom. The van der Waals surface area contributed by atoms with Crippen LogP contribution in [0.15, 0.2) is 72.8 Å². The molecule has 2 unspecified atom stereocenters. The van der Waals surface area contributed by atoms with Crippen molar-refractivity contribution < 1.29 is 19.1 Å². The number of rotatable bonds is 7. The van der Waals surface area contributed by atoms with Crippen LogP contribution in [-0.2, 0) is 14.3 Å². The highest BCUT2D eigenvalue weighted by Gasteiger charge is 2.61. The lowest BCUT2D eigenvalue weighted by atomic mass is 9.55. The third-order valence-corrected chi connectivity index (χ3v) is 8.02. The van der Waals surface area contributed by atoms with Crippen LogP contribution in [0.5, 0.6) is 0 Å². The van der Waals surface area contributed by atoms with Gasteiger partial charge in [-0.2, -0.15) is 0 Å². The van der Waals surface area contributed by atoms with E-state index in [1.165, 1.54) is 4.90 Å². The third-order valence-electron chi connectivity index (χ3n) is 8.02. The van der Waals surface area contributed by atoms with E-state index in [0.717, 1.165) is 47.9 Å². The van der Waals surface area contributed by atoms with Crippen molar-refractivity contribution in [2.24, 2.45) is 11.8 Å². The van der Waals surface area contributed by atoms with Crippen molar-refractivity contribution in [1.29, 1.82) is 0 Å². The summed E-state index contributed by atoms with van der Waals surface area (Å²) in [6.07, 6.45) is 4.09. The summed E-state index contributed by atoms with van der Waals surface area (Å²) in [6.45, 7) is 2.51. The second kappa shape index (κ2) is 9.05. The topological polar surface area (TPSA) is 63.7 Å². The average Bonchev–Trinajstić information content (AvgIpc) is 3.18. The van der Waals surface area contributed by atoms with Crippen LogP contribution in [0.2, 0.25) is 0 Å². The maximum Gasteiger partial charge on any atom is 0.338 e. The molecule has 4 aliphatic rings. The number of unbranched alkanes of at least 4 members (excludes halogenated alkanes) is 3. The van der Waals surface area contributed by atoms with E-state index in [1.807, 2.05) is 24.3 Å². The van der Waals surface area contributed by atoms with Crippen LogP contribution in [0.4, 0.5) is 5.69 Å². The summed E-state index contributed by atoms with van der Waals surface area (Å²) in [5.74, 6) is -1.98. The van der Waals surface area contributed by atoms with Crippen molar-refractivity contribution in [3.8, 4) is 0 Å². The van der Waals surface area contributed by atoms with E-state index < -0.39 is 17.8 Å². The minimum absolute atomic E-state index is 0.148. The van der Waals surface area contributed by atoms with Crippen LogP contribution < -0.4 is 4.90 Å². The molecule has 1 saturated heterocycles. The van der Waals surface area contributed by atoms with Gasteiger partial charge in [0.1, 0.15) is 0 Å². The molecule has 3 aromatic rings. The highest BCUT2D eigenvalue weighted by Crippen LogP contribution is 2.61. The Balaban J connectivity index is 1.32. The smallest absolute Gasteiger partial charge is 0.338 e. The highest BCUT2D eigenvalue weighted by molar-refractivity contribution is 6.23. The number of hydrogen-bond donors (Lipinski definition) is 0. The van der Waals surface area contributed by atoms with Gasteiger partial charge in [-0.25, -0.2) is 9.69 Å². The molecule has 0 spiro atoms. The second-order valence-electron chi connectivity index (χ2n) is 10.0. The number of esters is 1. The van der Waals surface area contributed by atoms with E-state index >= 15 is 0 Å². The van der Waals surface area contributed by atoms with E-state index in [-0.39, 0.29) is 23.7 Å². The molecule has 3 aliphatic carbocycles. The highest BCUT2D eigenvalue weighted by atomic mass is 16.5. The zero-order valence-electron chi connectivity index (χ0n) is 20.4. The largest absolute Gasteiger partial charge is 0.462 e. The number of benzene rings is 3. The van der Waals surface area contributed by atoms with Gasteiger partial charge in [0, 0.05) is 11.8 Å². The van der Waals surface area contributed by atoms with Gasteiger partial charge in [-0.05, 0) is 46.9 Å². The van der Waals surface area contributed by atoms with Gasteiger partial charge in [0.25, 0.3) is 0 Å². The summed E-state index contributed by atoms with van der Waals surface area (Å²) >= 11 is 0. The van der Waals surface area contributed by atoms with Crippen molar-refractivity contribution in [3.63, 3.8) is 0 Å². The molecule has 5 heteroatoms. The molecule has 0 radical (unpaired) electrons. The Labute approximate surface area is 211 Å². The van der Waals surface area contributed by atoms with Gasteiger partial charge in [-0.3, -0.25) is 9.59 Å². The number of imide groups is 1. The minimum Gasteiger partial charge on any atom is -0.462 e. The molecule has 0 saturated carbocycles. The number of hydrogen-bond acceptors (Lipinski definition) is 4. The first-order valence-corrected chi connectivity index (χ1v) is 12.9. The zero-order valence-corrected chi connectivity index (χ0v) is 20.4. The van der Waals surface area contributed by atoms with Crippen LogP contribution in [-0.4, -0.2) is 24.4 Å². The molecule has 0 aromatic heterocycles. The van der Waals surface area contributed by atoms with E-state index in [1.54, 1.807) is 24.3 Å². The number of carbonyl (C=O) groups is 3. The van der Waals surface area contributed by atoms with E-state index in [2.05, 4.69) is 31.2 Å². The number of ether oxygens (including phenoxy) is 1.